The second-order valence-corrected chi connectivity index (χ2v) is 5.71. The Morgan fingerprint density at radius 2 is 1.27 bits per heavy atom. The van der Waals surface area contributed by atoms with Crippen LogP contribution in [0.5, 0.6) is 0 Å². The molecule has 0 aliphatic rings. The van der Waals surface area contributed by atoms with Gasteiger partial charge in [-0.1, -0.05) is 72.8 Å². The van der Waals surface area contributed by atoms with Crippen LogP contribution in [0.2, 0.25) is 0 Å². The van der Waals surface area contributed by atoms with Gasteiger partial charge in [0.05, 0.1) is 12.2 Å². The molecule has 3 heteroatoms. The minimum atomic E-state index is -0.401. The Labute approximate surface area is 152 Å². The van der Waals surface area contributed by atoms with Crippen LogP contribution in [0.3, 0.4) is 0 Å². The average Bonchev–Trinajstić information content (AvgIpc) is 2.68. The van der Waals surface area contributed by atoms with Crippen molar-refractivity contribution >= 4 is 17.1 Å². The molecule has 0 aromatic heterocycles. The summed E-state index contributed by atoms with van der Waals surface area (Å²) in [4.78, 5) is 12.8. The summed E-state index contributed by atoms with van der Waals surface area (Å²) in [5.41, 5.74) is 3.56. The summed E-state index contributed by atoms with van der Waals surface area (Å²) < 4.78 is 18.8. The first-order valence-corrected chi connectivity index (χ1v) is 8.49. The number of ether oxygens (including phenoxy) is 1. The van der Waals surface area contributed by atoms with Gasteiger partial charge in [-0.3, -0.25) is 0 Å². The molecule has 0 bridgehead atoms. The van der Waals surface area contributed by atoms with E-state index in [9.17, 15) is 9.18 Å². The van der Waals surface area contributed by atoms with Gasteiger partial charge >= 0.3 is 5.97 Å². The lowest BCUT2D eigenvalue weighted by Gasteiger charge is -2.16. The third kappa shape index (κ3) is 3.89. The molecule has 0 aliphatic carbocycles. The van der Waals surface area contributed by atoms with Crippen molar-refractivity contribution in [2.75, 3.05) is 6.61 Å². The summed E-state index contributed by atoms with van der Waals surface area (Å²) in [5.74, 6) is -0.722. The largest absolute Gasteiger partial charge is 0.462 e. The Hall–Kier alpha value is -3.20. The lowest BCUT2D eigenvalue weighted by molar-refractivity contribution is -0.136. The topological polar surface area (TPSA) is 26.3 Å². The van der Waals surface area contributed by atoms with E-state index in [1.807, 2.05) is 60.7 Å². The second-order valence-electron chi connectivity index (χ2n) is 5.71. The van der Waals surface area contributed by atoms with Gasteiger partial charge in [0.15, 0.2) is 0 Å². The third-order valence-electron chi connectivity index (χ3n) is 3.99. The van der Waals surface area contributed by atoms with Crippen molar-refractivity contribution in [3.05, 3.63) is 107 Å². The van der Waals surface area contributed by atoms with Gasteiger partial charge in [-0.25, -0.2) is 9.18 Å². The van der Waals surface area contributed by atoms with Crippen LogP contribution in [0, 0.1) is 5.82 Å². The number of hydrogen-bond donors (Lipinski definition) is 0. The summed E-state index contributed by atoms with van der Waals surface area (Å²) >= 11 is 0. The molecule has 3 rings (SSSR count). The molecule has 0 aliphatic heterocycles. The predicted octanol–water partition coefficient (Wildman–Crippen LogP) is 5.35. The average molecular weight is 346 g/mol. The first-order chi connectivity index (χ1) is 12.7. The summed E-state index contributed by atoms with van der Waals surface area (Å²) in [6.45, 7) is 2.06. The second kappa shape index (κ2) is 8.26. The summed E-state index contributed by atoms with van der Waals surface area (Å²) in [6, 6.07) is 25.1. The number of benzene rings is 3. The Balaban J connectivity index is 2.32. The molecule has 0 unspecified atom stereocenters. The van der Waals surface area contributed by atoms with Crippen molar-refractivity contribution < 1.29 is 13.9 Å². The van der Waals surface area contributed by atoms with Gasteiger partial charge in [-0.2, -0.15) is 0 Å². The van der Waals surface area contributed by atoms with Crippen molar-refractivity contribution in [3.8, 4) is 0 Å². The van der Waals surface area contributed by atoms with Crippen LogP contribution in [0.25, 0.3) is 11.1 Å². The zero-order valence-electron chi connectivity index (χ0n) is 14.5. The van der Waals surface area contributed by atoms with Crippen molar-refractivity contribution in [1.82, 2.24) is 0 Å². The van der Waals surface area contributed by atoms with E-state index in [1.54, 1.807) is 19.1 Å². The number of hydrogen-bond acceptors (Lipinski definition) is 2. The molecule has 0 spiro atoms. The number of esters is 1. The Kier molecular flexibility index (Phi) is 5.59. The van der Waals surface area contributed by atoms with Crippen molar-refractivity contribution in [3.63, 3.8) is 0 Å². The van der Waals surface area contributed by atoms with Crippen LogP contribution in [0.15, 0.2) is 84.9 Å². The summed E-state index contributed by atoms with van der Waals surface area (Å²) in [6.07, 6.45) is 0. The number of halogens is 1. The van der Waals surface area contributed by atoms with E-state index < -0.39 is 5.97 Å². The first kappa shape index (κ1) is 17.6. The highest BCUT2D eigenvalue weighted by molar-refractivity contribution is 6.26. The number of rotatable bonds is 5. The van der Waals surface area contributed by atoms with E-state index in [2.05, 4.69) is 0 Å². The molecule has 130 valence electrons. The zero-order valence-corrected chi connectivity index (χ0v) is 14.5. The fraction of sp³-hybridized carbons (Fsp3) is 0.0870. The van der Waals surface area contributed by atoms with E-state index in [-0.39, 0.29) is 12.4 Å². The van der Waals surface area contributed by atoms with Gasteiger partial charge < -0.3 is 4.74 Å². The molecule has 0 N–H and O–H groups in total. The Morgan fingerprint density at radius 1 is 0.769 bits per heavy atom. The maximum absolute atomic E-state index is 13.4. The van der Waals surface area contributed by atoms with Gasteiger partial charge in [0.25, 0.3) is 0 Å². The van der Waals surface area contributed by atoms with Crippen molar-refractivity contribution in [1.29, 1.82) is 0 Å². The molecule has 2 nitrogen and oxygen atoms in total. The maximum Gasteiger partial charge on any atom is 0.339 e. The van der Waals surface area contributed by atoms with Crippen molar-refractivity contribution in [2.45, 2.75) is 6.92 Å². The van der Waals surface area contributed by atoms with Crippen LogP contribution in [0.1, 0.15) is 23.6 Å². The van der Waals surface area contributed by atoms with Gasteiger partial charge in [-0.15, -0.1) is 0 Å². The van der Waals surface area contributed by atoms with Crippen LogP contribution >= 0.6 is 0 Å². The zero-order chi connectivity index (χ0) is 18.4. The van der Waals surface area contributed by atoms with E-state index in [0.717, 1.165) is 22.3 Å². The van der Waals surface area contributed by atoms with Crippen LogP contribution in [0.4, 0.5) is 4.39 Å². The van der Waals surface area contributed by atoms with E-state index in [1.165, 1.54) is 12.1 Å². The maximum atomic E-state index is 13.4. The third-order valence-corrected chi connectivity index (χ3v) is 3.99. The first-order valence-electron chi connectivity index (χ1n) is 8.49. The molecular formula is C23H19FO2. The molecule has 26 heavy (non-hydrogen) atoms. The van der Waals surface area contributed by atoms with E-state index in [0.29, 0.717) is 5.57 Å². The van der Waals surface area contributed by atoms with Gasteiger partial charge in [-0.05, 0) is 35.7 Å². The van der Waals surface area contributed by atoms with Crippen LogP contribution in [-0.4, -0.2) is 12.6 Å². The predicted molar refractivity (Wildman–Crippen MR) is 102 cm³/mol. The minimum Gasteiger partial charge on any atom is -0.462 e. The van der Waals surface area contributed by atoms with Gasteiger partial charge in [0.1, 0.15) is 5.82 Å². The molecule has 0 saturated carbocycles. The molecule has 0 saturated heterocycles. The Morgan fingerprint density at radius 3 is 1.81 bits per heavy atom. The van der Waals surface area contributed by atoms with E-state index in [4.69, 9.17) is 4.74 Å². The van der Waals surface area contributed by atoms with Gasteiger partial charge in [0, 0.05) is 5.57 Å². The lowest BCUT2D eigenvalue weighted by Crippen LogP contribution is -2.10. The monoisotopic (exact) mass is 346 g/mol. The highest BCUT2D eigenvalue weighted by atomic mass is 19.1. The summed E-state index contributed by atoms with van der Waals surface area (Å²) in [7, 11) is 0. The quantitative estimate of drug-likeness (QED) is 0.354. The number of carbonyl (C=O) groups is 1. The standard InChI is InChI=1S/C23H19FO2/c1-2-26-23(25)22(18-11-7-4-8-12-18)21(17-9-5-3-6-10-17)19-13-15-20(24)16-14-19/h3-16H,2H2,1H3/b22-21+. The van der Waals surface area contributed by atoms with Gasteiger partial charge in [0.2, 0.25) is 0 Å². The Bertz CT molecular complexity index is 898. The SMILES string of the molecule is CCOC(=O)/C(=C(\c1ccccc1)c1ccc(F)cc1)c1ccccc1. The molecule has 0 radical (unpaired) electrons. The van der Waals surface area contributed by atoms with Crippen LogP contribution < -0.4 is 0 Å². The lowest BCUT2D eigenvalue weighted by atomic mass is 9.89. The highest BCUT2D eigenvalue weighted by Gasteiger charge is 2.21. The smallest absolute Gasteiger partial charge is 0.339 e. The summed E-state index contributed by atoms with van der Waals surface area (Å²) in [5, 5.41) is 0. The number of carbonyl (C=O) groups excluding carboxylic acids is 1. The van der Waals surface area contributed by atoms with Crippen LogP contribution in [-0.2, 0) is 9.53 Å². The minimum absolute atomic E-state index is 0.278. The fourth-order valence-corrected chi connectivity index (χ4v) is 2.85. The molecule has 0 heterocycles. The normalized spacial score (nSPS) is 11.6. The van der Waals surface area contributed by atoms with Crippen molar-refractivity contribution in [2.24, 2.45) is 0 Å². The molecule has 0 fully saturated rings. The molecule has 0 atom stereocenters. The molecular weight excluding hydrogens is 327 g/mol. The van der Waals surface area contributed by atoms with E-state index >= 15 is 0 Å². The fourth-order valence-electron chi connectivity index (χ4n) is 2.85. The highest BCUT2D eigenvalue weighted by Crippen LogP contribution is 2.33. The molecule has 3 aromatic rings. The molecule has 0 amide bonds. The molecule has 3 aromatic carbocycles.